The number of halogens is 1. The highest BCUT2D eigenvalue weighted by Gasteiger charge is 2.24. The molecule has 0 radical (unpaired) electrons. The summed E-state index contributed by atoms with van der Waals surface area (Å²) in [6.07, 6.45) is 1.55. The van der Waals surface area contributed by atoms with Crippen LogP contribution in [0.3, 0.4) is 0 Å². The van der Waals surface area contributed by atoms with Gasteiger partial charge < -0.3 is 4.42 Å². The molecule has 7 nitrogen and oxygen atoms in total. The van der Waals surface area contributed by atoms with Crippen molar-refractivity contribution in [2.24, 2.45) is 0 Å². The molecule has 0 saturated heterocycles. The zero-order valence-corrected chi connectivity index (χ0v) is 21.4. The molecule has 0 aliphatic carbocycles. The molecule has 2 heterocycles. The number of nitrogens with zero attached hydrogens (tertiary/aromatic N) is 2. The molecule has 0 bridgehead atoms. The van der Waals surface area contributed by atoms with Gasteiger partial charge in [0, 0.05) is 16.3 Å². The lowest BCUT2D eigenvalue weighted by Crippen LogP contribution is -2.30. The van der Waals surface area contributed by atoms with Gasteiger partial charge in [0.05, 0.1) is 27.9 Å². The number of aromatic nitrogens is 1. The Balaban J connectivity index is 1.45. The predicted octanol–water partition coefficient (Wildman–Crippen LogP) is 6.50. The lowest BCUT2D eigenvalue weighted by atomic mass is 10.2. The van der Waals surface area contributed by atoms with Crippen LogP contribution in [0.5, 0.6) is 0 Å². The minimum absolute atomic E-state index is 0.154. The highest BCUT2D eigenvalue weighted by atomic mass is 35.5. The molecule has 0 aliphatic rings. The van der Waals surface area contributed by atoms with Gasteiger partial charge in [0.2, 0.25) is 0 Å². The van der Waals surface area contributed by atoms with E-state index in [1.807, 2.05) is 19.1 Å². The van der Waals surface area contributed by atoms with Crippen molar-refractivity contribution in [1.82, 2.24) is 4.98 Å². The monoisotopic (exact) mass is 537 g/mol. The van der Waals surface area contributed by atoms with Gasteiger partial charge in [0.1, 0.15) is 5.76 Å². The Kier molecular flexibility index (Phi) is 6.53. The summed E-state index contributed by atoms with van der Waals surface area (Å²) in [6, 6.07) is 21.6. The van der Waals surface area contributed by atoms with Gasteiger partial charge in [-0.25, -0.2) is 13.4 Å². The fourth-order valence-corrected chi connectivity index (χ4v) is 5.89. The molecule has 5 aromatic rings. The second kappa shape index (κ2) is 9.77. The zero-order valence-electron chi connectivity index (χ0n) is 19.0. The van der Waals surface area contributed by atoms with Gasteiger partial charge in [-0.15, -0.1) is 0 Å². The number of hydrogen-bond donors (Lipinski definition) is 1. The molecular weight excluding hydrogens is 518 g/mol. The molecule has 1 amide bonds. The van der Waals surface area contributed by atoms with E-state index >= 15 is 0 Å². The molecule has 0 saturated carbocycles. The summed E-state index contributed by atoms with van der Waals surface area (Å²) in [5, 5.41) is 1.11. The summed E-state index contributed by atoms with van der Waals surface area (Å²) in [7, 11) is -3.74. The second-order valence-corrected chi connectivity index (χ2v) is 11.1. The third-order valence-electron chi connectivity index (χ3n) is 5.54. The van der Waals surface area contributed by atoms with Crippen molar-refractivity contribution in [3.63, 3.8) is 0 Å². The topological polar surface area (TPSA) is 92.5 Å². The molecule has 10 heteroatoms. The van der Waals surface area contributed by atoms with E-state index in [9.17, 15) is 13.2 Å². The summed E-state index contributed by atoms with van der Waals surface area (Å²) in [5.41, 5.74) is 2.30. The van der Waals surface area contributed by atoms with Crippen LogP contribution in [0.15, 0.2) is 94.4 Å². The van der Waals surface area contributed by atoms with Crippen LogP contribution in [0, 0.1) is 6.92 Å². The number of nitrogens with one attached hydrogen (secondary N) is 1. The van der Waals surface area contributed by atoms with Gasteiger partial charge in [-0.3, -0.25) is 14.4 Å². The van der Waals surface area contributed by atoms with Crippen molar-refractivity contribution in [3.8, 4) is 0 Å². The Bertz CT molecular complexity index is 1630. The third-order valence-corrected chi connectivity index (χ3v) is 8.39. The van der Waals surface area contributed by atoms with E-state index in [1.165, 1.54) is 23.5 Å². The van der Waals surface area contributed by atoms with Gasteiger partial charge >= 0.3 is 0 Å². The summed E-state index contributed by atoms with van der Waals surface area (Å²) in [6.45, 7) is 2.07. The summed E-state index contributed by atoms with van der Waals surface area (Å²) in [5.74, 6) is 0.302. The molecule has 3 aromatic carbocycles. The summed E-state index contributed by atoms with van der Waals surface area (Å²) in [4.78, 5) is 20.0. The van der Waals surface area contributed by atoms with Crippen LogP contribution in [-0.4, -0.2) is 19.3 Å². The summed E-state index contributed by atoms with van der Waals surface area (Å²) >= 11 is 7.65. The van der Waals surface area contributed by atoms with E-state index in [0.29, 0.717) is 27.2 Å². The number of fused-ring (bicyclic) bond motifs is 1. The number of benzene rings is 3. The molecule has 0 unspecified atom stereocenters. The SMILES string of the molecule is Cc1c(Cl)ccc2sc(N(Cc3ccco3)C(=O)c3ccc(NS(=O)(=O)c4ccccc4)cc3)nc12. The third kappa shape index (κ3) is 4.86. The molecule has 0 aliphatic heterocycles. The maximum Gasteiger partial charge on any atom is 0.261 e. The van der Waals surface area contributed by atoms with Crippen molar-refractivity contribution < 1.29 is 17.6 Å². The average molecular weight is 538 g/mol. The fraction of sp³-hybridized carbons (Fsp3) is 0.0769. The van der Waals surface area contributed by atoms with Gasteiger partial charge in [-0.1, -0.05) is 41.1 Å². The molecule has 1 N–H and O–H groups in total. The quantitative estimate of drug-likeness (QED) is 0.256. The smallest absolute Gasteiger partial charge is 0.261 e. The molecule has 2 aromatic heterocycles. The molecule has 182 valence electrons. The van der Waals surface area contributed by atoms with Crippen molar-refractivity contribution >= 4 is 59.9 Å². The molecule has 5 rings (SSSR count). The van der Waals surface area contributed by atoms with E-state index in [-0.39, 0.29) is 17.3 Å². The minimum atomic E-state index is -3.74. The minimum Gasteiger partial charge on any atom is -0.467 e. The van der Waals surface area contributed by atoms with Crippen LogP contribution in [0.25, 0.3) is 10.2 Å². The van der Waals surface area contributed by atoms with Crippen molar-refractivity contribution in [2.45, 2.75) is 18.4 Å². The average Bonchev–Trinajstić information content (AvgIpc) is 3.55. The second-order valence-electron chi connectivity index (χ2n) is 7.98. The number of hydrogen-bond acceptors (Lipinski definition) is 6. The number of aryl methyl sites for hydroxylation is 1. The van der Waals surface area contributed by atoms with Crippen LogP contribution in [0.4, 0.5) is 10.8 Å². The van der Waals surface area contributed by atoms with E-state index in [4.69, 9.17) is 21.0 Å². The highest BCUT2D eigenvalue weighted by molar-refractivity contribution is 7.92. The first-order valence-electron chi connectivity index (χ1n) is 10.9. The molecule has 0 atom stereocenters. The van der Waals surface area contributed by atoms with E-state index in [1.54, 1.807) is 65.8 Å². The number of amides is 1. The van der Waals surface area contributed by atoms with Crippen LogP contribution >= 0.6 is 22.9 Å². The van der Waals surface area contributed by atoms with Gasteiger partial charge in [0.15, 0.2) is 5.13 Å². The number of sulfonamides is 1. The number of rotatable bonds is 7. The van der Waals surface area contributed by atoms with Gasteiger partial charge in [0.25, 0.3) is 15.9 Å². The van der Waals surface area contributed by atoms with Crippen molar-refractivity contribution in [1.29, 1.82) is 0 Å². The highest BCUT2D eigenvalue weighted by Crippen LogP contribution is 2.35. The van der Waals surface area contributed by atoms with E-state index in [2.05, 4.69) is 4.72 Å². The lowest BCUT2D eigenvalue weighted by Gasteiger charge is -2.19. The molecule has 0 fully saturated rings. The maximum absolute atomic E-state index is 13.6. The Morgan fingerprint density at radius 2 is 1.78 bits per heavy atom. The number of carbonyl (C=O) groups excluding carboxylic acids is 1. The van der Waals surface area contributed by atoms with Crippen LogP contribution < -0.4 is 9.62 Å². The normalized spacial score (nSPS) is 11.5. The Hall–Kier alpha value is -3.66. The first-order valence-corrected chi connectivity index (χ1v) is 13.6. The van der Waals surface area contributed by atoms with Gasteiger partial charge in [-0.05, 0) is 73.2 Å². The lowest BCUT2D eigenvalue weighted by molar-refractivity contribution is 0.0983. The molecule has 0 spiro atoms. The largest absolute Gasteiger partial charge is 0.467 e. The van der Waals surface area contributed by atoms with E-state index in [0.717, 1.165) is 15.8 Å². The molecule has 36 heavy (non-hydrogen) atoms. The van der Waals surface area contributed by atoms with Crippen LogP contribution in [0.2, 0.25) is 5.02 Å². The Labute approximate surface area is 217 Å². The molecular formula is C26H20ClN3O4S2. The first kappa shape index (κ1) is 24.1. The van der Waals surface area contributed by atoms with E-state index < -0.39 is 10.0 Å². The zero-order chi connectivity index (χ0) is 25.3. The van der Waals surface area contributed by atoms with Crippen LogP contribution in [0.1, 0.15) is 21.7 Å². The number of carbonyl (C=O) groups is 1. The number of thiazole rings is 1. The first-order chi connectivity index (χ1) is 17.3. The predicted molar refractivity (Wildman–Crippen MR) is 142 cm³/mol. The van der Waals surface area contributed by atoms with Crippen molar-refractivity contribution in [2.75, 3.05) is 9.62 Å². The van der Waals surface area contributed by atoms with Crippen LogP contribution in [-0.2, 0) is 16.6 Å². The maximum atomic E-state index is 13.6. The number of anilines is 2. The van der Waals surface area contributed by atoms with Crippen molar-refractivity contribution in [3.05, 3.63) is 107 Å². The Morgan fingerprint density at radius 1 is 1.03 bits per heavy atom. The van der Waals surface area contributed by atoms with Gasteiger partial charge in [-0.2, -0.15) is 0 Å². The Morgan fingerprint density at radius 3 is 2.47 bits per heavy atom. The summed E-state index contributed by atoms with van der Waals surface area (Å²) < 4.78 is 34.2. The fourth-order valence-electron chi connectivity index (χ4n) is 3.64. The standard InChI is InChI=1S/C26H20ClN3O4S2/c1-17-22(27)13-14-23-24(17)28-26(35-23)30(16-20-6-5-15-34-20)25(31)18-9-11-19(12-10-18)29-36(32,33)21-7-3-2-4-8-21/h2-15,29H,16H2,1H3. The number of furan rings is 1.